The van der Waals surface area contributed by atoms with Crippen LogP contribution in [0.5, 0.6) is 0 Å². The van der Waals surface area contributed by atoms with Crippen LogP contribution < -0.4 is 10.6 Å². The minimum absolute atomic E-state index is 0.0200. The molecule has 166 valence electrons. The molecule has 7 nitrogen and oxygen atoms in total. The molecular weight excluding hydrogens is 445 g/mol. The first-order valence-corrected chi connectivity index (χ1v) is 10.7. The Morgan fingerprint density at radius 3 is 2.39 bits per heavy atom. The summed E-state index contributed by atoms with van der Waals surface area (Å²) in [7, 11) is 0. The van der Waals surface area contributed by atoms with Crippen LogP contribution in [-0.2, 0) is 14.3 Å². The van der Waals surface area contributed by atoms with E-state index >= 15 is 0 Å². The Kier molecular flexibility index (Phi) is 8.16. The lowest BCUT2D eigenvalue weighted by atomic mass is 10.2. The summed E-state index contributed by atoms with van der Waals surface area (Å²) in [6.45, 7) is -0.523. The molecule has 0 radical (unpaired) electrons. The predicted molar refractivity (Wildman–Crippen MR) is 122 cm³/mol. The van der Waals surface area contributed by atoms with Gasteiger partial charge < -0.3 is 15.4 Å². The molecule has 0 atom stereocenters. The van der Waals surface area contributed by atoms with Crippen molar-refractivity contribution in [2.75, 3.05) is 23.0 Å². The minimum atomic E-state index is -0.713. The van der Waals surface area contributed by atoms with Crippen molar-refractivity contribution in [1.82, 2.24) is 0 Å². The maximum atomic E-state index is 12.9. The van der Waals surface area contributed by atoms with Gasteiger partial charge in [-0.15, -0.1) is 11.8 Å². The van der Waals surface area contributed by atoms with Gasteiger partial charge in [0.25, 0.3) is 5.91 Å². The van der Waals surface area contributed by atoms with Gasteiger partial charge in [-0.3, -0.25) is 9.59 Å². The van der Waals surface area contributed by atoms with E-state index in [1.807, 2.05) is 6.07 Å². The van der Waals surface area contributed by atoms with E-state index in [-0.39, 0.29) is 17.2 Å². The molecule has 0 saturated carbocycles. The molecule has 0 aliphatic rings. The number of nitrogens with one attached hydrogen (secondary N) is 2. The number of esters is 1. The largest absolute Gasteiger partial charge is 0.452 e. The average Bonchev–Trinajstić information content (AvgIpc) is 2.83. The summed E-state index contributed by atoms with van der Waals surface area (Å²) >= 11 is 1.14. The van der Waals surface area contributed by atoms with E-state index < -0.39 is 24.3 Å². The molecule has 9 heteroatoms. The van der Waals surface area contributed by atoms with Gasteiger partial charge in [-0.1, -0.05) is 18.2 Å². The zero-order valence-corrected chi connectivity index (χ0v) is 18.0. The number of nitriles is 1. The zero-order chi connectivity index (χ0) is 23.6. The van der Waals surface area contributed by atoms with Crippen molar-refractivity contribution in [3.8, 4) is 6.07 Å². The maximum Gasteiger partial charge on any atom is 0.339 e. The summed E-state index contributed by atoms with van der Waals surface area (Å²) < 4.78 is 18.0. The quantitative estimate of drug-likeness (QED) is 0.382. The number of benzene rings is 3. The Hall–Kier alpha value is -4.16. The lowest BCUT2D eigenvalue weighted by Gasteiger charge is -2.10. The number of nitrogens with zero attached hydrogens (tertiary/aromatic N) is 1. The molecule has 0 heterocycles. The predicted octanol–water partition coefficient (Wildman–Crippen LogP) is 4.22. The van der Waals surface area contributed by atoms with Gasteiger partial charge in [-0.2, -0.15) is 5.26 Å². The van der Waals surface area contributed by atoms with Crippen molar-refractivity contribution in [2.45, 2.75) is 4.90 Å². The summed E-state index contributed by atoms with van der Waals surface area (Å²) in [5.74, 6) is -2.00. The Morgan fingerprint density at radius 2 is 1.64 bits per heavy atom. The lowest BCUT2D eigenvalue weighted by molar-refractivity contribution is -0.119. The van der Waals surface area contributed by atoms with Gasteiger partial charge in [-0.25, -0.2) is 9.18 Å². The number of rotatable bonds is 8. The number of amides is 2. The van der Waals surface area contributed by atoms with Crippen LogP contribution in [0.4, 0.5) is 15.8 Å². The van der Waals surface area contributed by atoms with E-state index in [0.717, 1.165) is 11.8 Å². The topological polar surface area (TPSA) is 108 Å². The van der Waals surface area contributed by atoms with Crippen LogP contribution in [0.25, 0.3) is 0 Å². The average molecular weight is 463 g/mol. The molecule has 0 unspecified atom stereocenters. The first-order chi connectivity index (χ1) is 15.9. The number of ether oxygens (including phenoxy) is 1. The van der Waals surface area contributed by atoms with Gasteiger partial charge in [0.1, 0.15) is 5.82 Å². The van der Waals surface area contributed by atoms with Crippen molar-refractivity contribution in [3.05, 3.63) is 89.7 Å². The van der Waals surface area contributed by atoms with Crippen molar-refractivity contribution in [1.29, 1.82) is 5.26 Å². The van der Waals surface area contributed by atoms with Gasteiger partial charge >= 0.3 is 5.97 Å². The molecule has 3 aromatic carbocycles. The summed E-state index contributed by atoms with van der Waals surface area (Å²) in [4.78, 5) is 37.3. The van der Waals surface area contributed by atoms with Gasteiger partial charge in [0.2, 0.25) is 5.91 Å². The third kappa shape index (κ3) is 7.19. The van der Waals surface area contributed by atoms with Crippen molar-refractivity contribution in [2.24, 2.45) is 0 Å². The Balaban J connectivity index is 1.53. The number of hydrogen-bond donors (Lipinski definition) is 2. The van der Waals surface area contributed by atoms with Crippen LogP contribution in [-0.4, -0.2) is 30.1 Å². The molecule has 33 heavy (non-hydrogen) atoms. The normalized spacial score (nSPS) is 10.1. The Labute approximate surface area is 193 Å². The smallest absolute Gasteiger partial charge is 0.339 e. The fourth-order valence-corrected chi connectivity index (χ4v) is 3.55. The first-order valence-electron chi connectivity index (χ1n) is 9.69. The molecule has 0 aliphatic carbocycles. The number of halogens is 1. The van der Waals surface area contributed by atoms with Crippen LogP contribution in [0.3, 0.4) is 0 Å². The molecule has 0 spiro atoms. The van der Waals surface area contributed by atoms with Crippen molar-refractivity contribution >= 4 is 40.9 Å². The van der Waals surface area contributed by atoms with Gasteiger partial charge in [0.15, 0.2) is 6.61 Å². The standard InChI is InChI=1S/C24H18FN3O4S/c25-17-8-10-18(11-9-17)27-22(29)14-32-24(31)20-6-1-2-7-21(20)33-15-23(30)28-19-5-3-4-16(12-19)13-26/h1-12H,14-15H2,(H,27,29)(H,28,30). The summed E-state index contributed by atoms with van der Waals surface area (Å²) in [6.07, 6.45) is 0. The number of carbonyl (C=O) groups excluding carboxylic acids is 3. The molecule has 2 amide bonds. The summed E-state index contributed by atoms with van der Waals surface area (Å²) in [5.41, 5.74) is 1.52. The number of anilines is 2. The van der Waals surface area contributed by atoms with Crippen LogP contribution >= 0.6 is 11.8 Å². The van der Waals surface area contributed by atoms with E-state index in [0.29, 0.717) is 21.8 Å². The number of carbonyl (C=O) groups is 3. The molecule has 0 bridgehead atoms. The second kappa shape index (κ2) is 11.5. The first kappa shape index (κ1) is 23.5. The molecular formula is C24H18FN3O4S. The third-order valence-electron chi connectivity index (χ3n) is 4.20. The van der Waals surface area contributed by atoms with Crippen LogP contribution in [0.1, 0.15) is 15.9 Å². The van der Waals surface area contributed by atoms with Crippen molar-refractivity contribution in [3.63, 3.8) is 0 Å². The fourth-order valence-electron chi connectivity index (χ4n) is 2.71. The van der Waals surface area contributed by atoms with Crippen LogP contribution in [0, 0.1) is 17.1 Å². The second-order valence-corrected chi connectivity index (χ2v) is 7.67. The van der Waals surface area contributed by atoms with Crippen molar-refractivity contribution < 1.29 is 23.5 Å². The monoisotopic (exact) mass is 463 g/mol. The molecule has 0 fully saturated rings. The van der Waals surface area contributed by atoms with E-state index in [1.165, 1.54) is 30.3 Å². The second-order valence-electron chi connectivity index (χ2n) is 6.66. The molecule has 0 saturated heterocycles. The summed E-state index contributed by atoms with van der Waals surface area (Å²) in [5, 5.41) is 14.1. The van der Waals surface area contributed by atoms with Gasteiger partial charge in [0.05, 0.1) is 22.9 Å². The van der Waals surface area contributed by atoms with Gasteiger partial charge in [-0.05, 0) is 54.6 Å². The molecule has 0 aromatic heterocycles. The van der Waals surface area contributed by atoms with Crippen LogP contribution in [0.2, 0.25) is 0 Å². The maximum absolute atomic E-state index is 12.9. The molecule has 2 N–H and O–H groups in total. The van der Waals surface area contributed by atoms with E-state index in [2.05, 4.69) is 10.6 Å². The van der Waals surface area contributed by atoms with Gasteiger partial charge in [0, 0.05) is 16.3 Å². The summed E-state index contributed by atoms with van der Waals surface area (Å²) in [6, 6.07) is 20.3. The highest BCUT2D eigenvalue weighted by atomic mass is 32.2. The van der Waals surface area contributed by atoms with E-state index in [9.17, 15) is 18.8 Å². The molecule has 3 rings (SSSR count). The highest BCUT2D eigenvalue weighted by Crippen LogP contribution is 2.24. The minimum Gasteiger partial charge on any atom is -0.452 e. The third-order valence-corrected chi connectivity index (χ3v) is 5.28. The van der Waals surface area contributed by atoms with E-state index in [1.54, 1.807) is 42.5 Å². The lowest BCUT2D eigenvalue weighted by Crippen LogP contribution is -2.21. The molecule has 3 aromatic rings. The Morgan fingerprint density at radius 1 is 0.909 bits per heavy atom. The number of hydrogen-bond acceptors (Lipinski definition) is 6. The fraction of sp³-hybridized carbons (Fsp3) is 0.0833. The molecule has 0 aliphatic heterocycles. The van der Waals surface area contributed by atoms with Crippen LogP contribution in [0.15, 0.2) is 77.7 Å². The highest BCUT2D eigenvalue weighted by Gasteiger charge is 2.16. The highest BCUT2D eigenvalue weighted by molar-refractivity contribution is 8.00. The zero-order valence-electron chi connectivity index (χ0n) is 17.2. The van der Waals surface area contributed by atoms with E-state index in [4.69, 9.17) is 10.00 Å². The SMILES string of the molecule is N#Cc1cccc(NC(=O)CSc2ccccc2C(=O)OCC(=O)Nc2ccc(F)cc2)c1. The number of thioether (sulfide) groups is 1. The Bertz CT molecular complexity index is 1210.